The van der Waals surface area contributed by atoms with Gasteiger partial charge in [0.2, 0.25) is 0 Å². The highest BCUT2D eigenvalue weighted by Gasteiger charge is 2.35. The minimum atomic E-state index is -2.12. The Morgan fingerprint density at radius 1 is 1.00 bits per heavy atom. The molecule has 1 N–H and O–H groups in total. The number of hydrogen-bond acceptors (Lipinski definition) is 4. The molecule has 0 aromatic rings. The highest BCUT2D eigenvalue weighted by molar-refractivity contribution is 6.78. The van der Waals surface area contributed by atoms with Crippen LogP contribution in [0.5, 0.6) is 0 Å². The lowest BCUT2D eigenvalue weighted by molar-refractivity contribution is 0.158. The second kappa shape index (κ2) is 5.99. The number of rotatable bonds is 7. The standard InChI is InChI=1S/C8H22O4Si2/c1-6-10-13(2,3)12-14(4,5)11-8-7-9/h9H,6-8H2,1-5H3. The molecule has 0 saturated heterocycles. The molecule has 0 aromatic heterocycles. The Balaban J connectivity index is 4.05. The van der Waals surface area contributed by atoms with E-state index in [0.717, 1.165) is 0 Å². The van der Waals surface area contributed by atoms with Crippen LogP contribution in [0.3, 0.4) is 0 Å². The topological polar surface area (TPSA) is 47.9 Å². The van der Waals surface area contributed by atoms with Crippen LogP contribution in [0, 0.1) is 0 Å². The van der Waals surface area contributed by atoms with E-state index in [4.69, 9.17) is 18.1 Å². The van der Waals surface area contributed by atoms with Gasteiger partial charge < -0.3 is 18.1 Å². The van der Waals surface area contributed by atoms with Gasteiger partial charge >= 0.3 is 17.1 Å². The van der Waals surface area contributed by atoms with E-state index in [1.807, 2.05) is 33.1 Å². The first-order chi connectivity index (χ1) is 6.33. The maximum Gasteiger partial charge on any atom is 0.323 e. The van der Waals surface area contributed by atoms with Crippen molar-refractivity contribution < 1.29 is 18.1 Å². The predicted octanol–water partition coefficient (Wildman–Crippen LogP) is 1.45. The predicted molar refractivity (Wildman–Crippen MR) is 60.7 cm³/mol. The van der Waals surface area contributed by atoms with Gasteiger partial charge in [-0.2, -0.15) is 0 Å². The molecule has 4 nitrogen and oxygen atoms in total. The van der Waals surface area contributed by atoms with Crippen LogP contribution in [0.25, 0.3) is 0 Å². The monoisotopic (exact) mass is 238 g/mol. The molecule has 0 fully saturated rings. The number of hydrogen-bond donors (Lipinski definition) is 1. The van der Waals surface area contributed by atoms with E-state index < -0.39 is 17.1 Å². The quantitative estimate of drug-likeness (QED) is 0.682. The van der Waals surface area contributed by atoms with Crippen LogP contribution in [0.1, 0.15) is 6.92 Å². The molecular weight excluding hydrogens is 216 g/mol. The van der Waals surface area contributed by atoms with Crippen LogP contribution in [0.15, 0.2) is 0 Å². The van der Waals surface area contributed by atoms with Crippen molar-refractivity contribution in [2.24, 2.45) is 0 Å². The van der Waals surface area contributed by atoms with Crippen LogP contribution in [0.4, 0.5) is 0 Å². The van der Waals surface area contributed by atoms with E-state index in [9.17, 15) is 0 Å². The van der Waals surface area contributed by atoms with Crippen molar-refractivity contribution in [1.29, 1.82) is 0 Å². The van der Waals surface area contributed by atoms with E-state index in [0.29, 0.717) is 13.2 Å². The Bertz CT molecular complexity index is 161. The molecule has 0 atom stereocenters. The van der Waals surface area contributed by atoms with Crippen molar-refractivity contribution in [3.63, 3.8) is 0 Å². The zero-order chi connectivity index (χ0) is 11.2. The first kappa shape index (κ1) is 14.3. The number of aliphatic hydroxyl groups excluding tert-OH is 1. The Kier molecular flexibility index (Phi) is 6.11. The lowest BCUT2D eigenvalue weighted by Crippen LogP contribution is -2.48. The molecular formula is C8H22O4Si2. The fourth-order valence-electron chi connectivity index (χ4n) is 1.29. The van der Waals surface area contributed by atoms with Gasteiger partial charge in [0, 0.05) is 6.61 Å². The maximum atomic E-state index is 8.65. The second-order valence-corrected chi connectivity index (χ2v) is 10.9. The molecule has 0 bridgehead atoms. The van der Waals surface area contributed by atoms with Crippen molar-refractivity contribution in [3.05, 3.63) is 0 Å². The molecule has 0 spiro atoms. The van der Waals surface area contributed by atoms with E-state index in [2.05, 4.69) is 0 Å². The molecule has 0 aliphatic heterocycles. The third-order valence-corrected chi connectivity index (χ3v) is 7.34. The average molecular weight is 238 g/mol. The Morgan fingerprint density at radius 3 is 1.93 bits per heavy atom. The summed E-state index contributed by atoms with van der Waals surface area (Å²) >= 11 is 0. The smallest absolute Gasteiger partial charge is 0.323 e. The summed E-state index contributed by atoms with van der Waals surface area (Å²) in [5.74, 6) is 0. The highest BCUT2D eigenvalue weighted by Crippen LogP contribution is 2.16. The zero-order valence-electron chi connectivity index (χ0n) is 9.79. The first-order valence-electron chi connectivity index (χ1n) is 4.92. The summed E-state index contributed by atoms with van der Waals surface area (Å²) in [4.78, 5) is 0. The molecule has 0 aromatic carbocycles. The summed E-state index contributed by atoms with van der Waals surface area (Å²) in [5.41, 5.74) is 0. The SMILES string of the molecule is CCO[Si](C)(C)O[Si](C)(C)OCCO. The fourth-order valence-corrected chi connectivity index (χ4v) is 7.77. The molecule has 6 heteroatoms. The van der Waals surface area contributed by atoms with Gasteiger partial charge in [-0.05, 0) is 33.1 Å². The van der Waals surface area contributed by atoms with Crippen molar-refractivity contribution in [2.45, 2.75) is 33.1 Å². The van der Waals surface area contributed by atoms with Gasteiger partial charge in [-0.3, -0.25) is 0 Å². The Morgan fingerprint density at radius 2 is 1.50 bits per heavy atom. The minimum absolute atomic E-state index is 0.0381. The lowest BCUT2D eigenvalue weighted by Gasteiger charge is -2.32. The lowest BCUT2D eigenvalue weighted by atomic mass is 10.8. The molecule has 86 valence electrons. The molecule has 0 rings (SSSR count). The van der Waals surface area contributed by atoms with Gasteiger partial charge in [0.25, 0.3) is 0 Å². The molecule has 0 aliphatic carbocycles. The molecule has 0 aliphatic rings. The van der Waals surface area contributed by atoms with E-state index in [-0.39, 0.29) is 6.61 Å². The van der Waals surface area contributed by atoms with E-state index >= 15 is 0 Å². The van der Waals surface area contributed by atoms with Gasteiger partial charge in [-0.25, -0.2) is 0 Å². The summed E-state index contributed by atoms with van der Waals surface area (Å²) in [6.07, 6.45) is 0. The van der Waals surface area contributed by atoms with Crippen LogP contribution < -0.4 is 0 Å². The van der Waals surface area contributed by atoms with Crippen molar-refractivity contribution in [2.75, 3.05) is 19.8 Å². The van der Waals surface area contributed by atoms with Crippen LogP contribution in [0.2, 0.25) is 26.2 Å². The highest BCUT2D eigenvalue weighted by atomic mass is 28.5. The van der Waals surface area contributed by atoms with Gasteiger partial charge in [0.15, 0.2) is 0 Å². The fraction of sp³-hybridized carbons (Fsp3) is 1.00. The maximum absolute atomic E-state index is 8.65. The molecule has 0 saturated carbocycles. The van der Waals surface area contributed by atoms with Crippen molar-refractivity contribution in [3.8, 4) is 0 Å². The molecule has 0 heterocycles. The van der Waals surface area contributed by atoms with Gasteiger partial charge in [-0.1, -0.05) is 0 Å². The molecule has 0 amide bonds. The van der Waals surface area contributed by atoms with Crippen LogP contribution in [-0.2, 0) is 13.0 Å². The Labute approximate surface area is 88.7 Å². The summed E-state index contributed by atoms with van der Waals surface area (Å²) in [7, 11) is -4.15. The Hall–Kier alpha value is 0.274. The zero-order valence-corrected chi connectivity index (χ0v) is 11.8. The summed E-state index contributed by atoms with van der Waals surface area (Å²) in [5, 5.41) is 8.65. The number of aliphatic hydroxyl groups is 1. The largest absolute Gasteiger partial charge is 0.415 e. The van der Waals surface area contributed by atoms with Gasteiger partial charge in [-0.15, -0.1) is 0 Å². The van der Waals surface area contributed by atoms with Crippen LogP contribution in [-0.4, -0.2) is 42.0 Å². The minimum Gasteiger partial charge on any atom is -0.415 e. The van der Waals surface area contributed by atoms with E-state index in [1.54, 1.807) is 0 Å². The summed E-state index contributed by atoms with van der Waals surface area (Å²) < 4.78 is 16.9. The molecule has 0 radical (unpaired) electrons. The van der Waals surface area contributed by atoms with E-state index in [1.165, 1.54) is 0 Å². The summed E-state index contributed by atoms with van der Waals surface area (Å²) in [6.45, 7) is 11.0. The van der Waals surface area contributed by atoms with Crippen molar-refractivity contribution >= 4 is 17.1 Å². The van der Waals surface area contributed by atoms with Crippen LogP contribution >= 0.6 is 0 Å². The normalized spacial score (nSPS) is 13.3. The third kappa shape index (κ3) is 6.69. The second-order valence-electron chi connectivity index (χ2n) is 3.91. The van der Waals surface area contributed by atoms with Crippen molar-refractivity contribution in [1.82, 2.24) is 0 Å². The molecule has 14 heavy (non-hydrogen) atoms. The molecule has 0 unspecified atom stereocenters. The van der Waals surface area contributed by atoms with Gasteiger partial charge in [0.1, 0.15) is 0 Å². The summed E-state index contributed by atoms with van der Waals surface area (Å²) in [6, 6.07) is 0. The first-order valence-corrected chi connectivity index (χ1v) is 10.6. The average Bonchev–Trinajstić information content (AvgIpc) is 1.98. The third-order valence-electron chi connectivity index (χ3n) is 1.52. The van der Waals surface area contributed by atoms with Gasteiger partial charge in [0.05, 0.1) is 13.2 Å².